The Kier molecular flexibility index (Phi) is 8.58. The van der Waals surface area contributed by atoms with Gasteiger partial charge < -0.3 is 20.1 Å². The number of carbonyl (C=O) groups is 1. The Morgan fingerprint density at radius 3 is 3.05 bits per heavy atom. The van der Waals surface area contributed by atoms with Gasteiger partial charge >= 0.3 is 6.03 Å². The quantitative estimate of drug-likeness (QED) is 0.632. The molecule has 2 amide bonds. The number of amides is 2. The first-order chi connectivity index (χ1) is 9.22. The van der Waals surface area contributed by atoms with Gasteiger partial charge in [0.25, 0.3) is 0 Å². The molecule has 1 heterocycles. The lowest BCUT2D eigenvalue weighted by molar-refractivity contribution is 0.100. The third-order valence-corrected chi connectivity index (χ3v) is 3.28. The van der Waals surface area contributed by atoms with E-state index >= 15 is 0 Å². The standard InChI is InChI=1S/C14H28N2O3/c1-3-18-10-5-9-15-14(17)16-12(2)7-8-13-6-4-11-19-13/h12-13H,3-11H2,1-2H3,(H2,15,16,17). The van der Waals surface area contributed by atoms with Gasteiger partial charge in [0, 0.05) is 32.4 Å². The average molecular weight is 272 g/mol. The predicted octanol–water partition coefficient (Wildman–Crippen LogP) is 2.06. The van der Waals surface area contributed by atoms with Gasteiger partial charge in [0.15, 0.2) is 0 Å². The van der Waals surface area contributed by atoms with Gasteiger partial charge in [-0.1, -0.05) is 0 Å². The Labute approximate surface area is 116 Å². The number of hydrogen-bond acceptors (Lipinski definition) is 3. The molecule has 0 aromatic rings. The van der Waals surface area contributed by atoms with Crippen LogP contribution < -0.4 is 10.6 Å². The molecule has 0 bridgehead atoms. The van der Waals surface area contributed by atoms with Gasteiger partial charge in [-0.2, -0.15) is 0 Å². The molecular weight excluding hydrogens is 244 g/mol. The van der Waals surface area contributed by atoms with E-state index in [1.165, 1.54) is 6.42 Å². The van der Waals surface area contributed by atoms with Crippen molar-refractivity contribution in [1.82, 2.24) is 10.6 Å². The van der Waals surface area contributed by atoms with E-state index in [2.05, 4.69) is 10.6 Å². The predicted molar refractivity (Wildman–Crippen MR) is 75.3 cm³/mol. The monoisotopic (exact) mass is 272 g/mol. The summed E-state index contributed by atoms with van der Waals surface area (Å²) in [6, 6.07) is 0.104. The molecule has 1 aliphatic heterocycles. The van der Waals surface area contributed by atoms with Gasteiger partial charge in [0.05, 0.1) is 6.10 Å². The normalized spacial score (nSPS) is 20.2. The van der Waals surface area contributed by atoms with Crippen LogP contribution in [0.15, 0.2) is 0 Å². The number of ether oxygens (including phenoxy) is 2. The number of carbonyl (C=O) groups excluding carboxylic acids is 1. The van der Waals surface area contributed by atoms with Crippen molar-refractivity contribution in [1.29, 1.82) is 0 Å². The minimum Gasteiger partial charge on any atom is -0.382 e. The number of hydrogen-bond donors (Lipinski definition) is 2. The second kappa shape index (κ2) is 10.0. The molecule has 5 heteroatoms. The molecule has 1 fully saturated rings. The van der Waals surface area contributed by atoms with Crippen LogP contribution in [0.2, 0.25) is 0 Å². The van der Waals surface area contributed by atoms with Gasteiger partial charge in [-0.15, -0.1) is 0 Å². The fourth-order valence-corrected chi connectivity index (χ4v) is 2.18. The van der Waals surface area contributed by atoms with Crippen LogP contribution in [-0.2, 0) is 9.47 Å². The average Bonchev–Trinajstić information content (AvgIpc) is 2.89. The zero-order valence-electron chi connectivity index (χ0n) is 12.2. The summed E-state index contributed by atoms with van der Waals surface area (Å²) in [6.07, 6.45) is 5.59. The van der Waals surface area contributed by atoms with Crippen LogP contribution in [0, 0.1) is 0 Å². The maximum absolute atomic E-state index is 11.6. The van der Waals surface area contributed by atoms with Crippen LogP contribution in [-0.4, -0.2) is 44.5 Å². The molecule has 1 rings (SSSR count). The zero-order valence-corrected chi connectivity index (χ0v) is 12.2. The van der Waals surface area contributed by atoms with Crippen molar-refractivity contribution in [3.05, 3.63) is 0 Å². The molecule has 2 unspecified atom stereocenters. The van der Waals surface area contributed by atoms with Crippen molar-refractivity contribution < 1.29 is 14.3 Å². The van der Waals surface area contributed by atoms with Crippen molar-refractivity contribution in [2.24, 2.45) is 0 Å². The van der Waals surface area contributed by atoms with Crippen LogP contribution in [0.3, 0.4) is 0 Å². The number of rotatable bonds is 9. The second-order valence-electron chi connectivity index (χ2n) is 5.06. The summed E-state index contributed by atoms with van der Waals surface area (Å²) in [5.74, 6) is 0. The van der Waals surface area contributed by atoms with E-state index in [4.69, 9.17) is 9.47 Å². The lowest BCUT2D eigenvalue weighted by Gasteiger charge is -2.16. The van der Waals surface area contributed by atoms with Crippen molar-refractivity contribution >= 4 is 6.03 Å². The summed E-state index contributed by atoms with van der Waals surface area (Å²) >= 11 is 0. The molecular formula is C14H28N2O3. The summed E-state index contributed by atoms with van der Waals surface area (Å²) in [5, 5.41) is 5.79. The van der Waals surface area contributed by atoms with E-state index in [0.717, 1.165) is 38.9 Å². The molecule has 19 heavy (non-hydrogen) atoms. The van der Waals surface area contributed by atoms with Crippen LogP contribution >= 0.6 is 0 Å². The molecule has 1 saturated heterocycles. The van der Waals surface area contributed by atoms with Crippen molar-refractivity contribution in [2.75, 3.05) is 26.4 Å². The molecule has 0 saturated carbocycles. The Morgan fingerprint density at radius 1 is 1.53 bits per heavy atom. The Bertz CT molecular complexity index is 243. The van der Waals surface area contributed by atoms with Crippen LogP contribution in [0.5, 0.6) is 0 Å². The third-order valence-electron chi connectivity index (χ3n) is 3.28. The Morgan fingerprint density at radius 2 is 2.37 bits per heavy atom. The lowest BCUT2D eigenvalue weighted by atomic mass is 10.1. The smallest absolute Gasteiger partial charge is 0.314 e. The maximum atomic E-state index is 11.6. The largest absolute Gasteiger partial charge is 0.382 e. The van der Waals surface area contributed by atoms with Gasteiger partial charge in [0.1, 0.15) is 0 Å². The van der Waals surface area contributed by atoms with Gasteiger partial charge in [-0.25, -0.2) is 4.79 Å². The van der Waals surface area contributed by atoms with Crippen molar-refractivity contribution in [3.63, 3.8) is 0 Å². The van der Waals surface area contributed by atoms with Gasteiger partial charge in [-0.05, 0) is 46.0 Å². The minimum absolute atomic E-state index is 0.0867. The van der Waals surface area contributed by atoms with Crippen molar-refractivity contribution in [2.45, 2.75) is 58.1 Å². The highest BCUT2D eigenvalue weighted by Crippen LogP contribution is 2.17. The summed E-state index contributed by atoms with van der Waals surface area (Å²) in [4.78, 5) is 11.6. The highest BCUT2D eigenvalue weighted by atomic mass is 16.5. The SMILES string of the molecule is CCOCCCNC(=O)NC(C)CCC1CCCO1. The van der Waals surface area contributed by atoms with E-state index in [-0.39, 0.29) is 12.1 Å². The molecule has 0 aromatic heterocycles. The highest BCUT2D eigenvalue weighted by Gasteiger charge is 2.16. The van der Waals surface area contributed by atoms with E-state index < -0.39 is 0 Å². The number of nitrogens with one attached hydrogen (secondary N) is 2. The highest BCUT2D eigenvalue weighted by molar-refractivity contribution is 5.74. The van der Waals surface area contributed by atoms with Crippen LogP contribution in [0.25, 0.3) is 0 Å². The summed E-state index contributed by atoms with van der Waals surface area (Å²) in [7, 11) is 0. The Hall–Kier alpha value is -0.810. The van der Waals surface area contributed by atoms with E-state index in [9.17, 15) is 4.79 Å². The third kappa shape index (κ3) is 8.06. The maximum Gasteiger partial charge on any atom is 0.314 e. The van der Waals surface area contributed by atoms with E-state index in [0.29, 0.717) is 19.3 Å². The van der Waals surface area contributed by atoms with Crippen LogP contribution in [0.1, 0.15) is 46.0 Å². The van der Waals surface area contributed by atoms with Crippen LogP contribution in [0.4, 0.5) is 4.79 Å². The van der Waals surface area contributed by atoms with E-state index in [1.807, 2.05) is 13.8 Å². The molecule has 0 spiro atoms. The molecule has 0 radical (unpaired) electrons. The minimum atomic E-state index is -0.0867. The molecule has 2 atom stereocenters. The number of urea groups is 1. The Balaban J connectivity index is 1.97. The molecule has 2 N–H and O–H groups in total. The fraction of sp³-hybridized carbons (Fsp3) is 0.929. The molecule has 0 aliphatic carbocycles. The molecule has 1 aliphatic rings. The summed E-state index contributed by atoms with van der Waals surface area (Å²) in [5.41, 5.74) is 0. The molecule has 0 aromatic carbocycles. The summed E-state index contributed by atoms with van der Waals surface area (Å²) in [6.45, 7) is 6.99. The van der Waals surface area contributed by atoms with Crippen molar-refractivity contribution in [3.8, 4) is 0 Å². The first-order valence-corrected chi connectivity index (χ1v) is 7.46. The fourth-order valence-electron chi connectivity index (χ4n) is 2.18. The molecule has 5 nitrogen and oxygen atoms in total. The topological polar surface area (TPSA) is 59.6 Å². The van der Waals surface area contributed by atoms with Gasteiger partial charge in [0.2, 0.25) is 0 Å². The second-order valence-corrected chi connectivity index (χ2v) is 5.06. The zero-order chi connectivity index (χ0) is 13.9. The first-order valence-electron chi connectivity index (χ1n) is 7.46. The molecule has 112 valence electrons. The summed E-state index contributed by atoms with van der Waals surface area (Å²) < 4.78 is 10.8. The first kappa shape index (κ1) is 16.2. The van der Waals surface area contributed by atoms with Gasteiger partial charge in [-0.3, -0.25) is 0 Å². The lowest BCUT2D eigenvalue weighted by Crippen LogP contribution is -2.41. The van der Waals surface area contributed by atoms with E-state index in [1.54, 1.807) is 0 Å².